The smallest absolute Gasteiger partial charge is 0.305 e. The summed E-state index contributed by atoms with van der Waals surface area (Å²) in [6.45, 7) is 6.90. The number of unbranched alkanes of at least 4 members (excludes halogenated alkanes) is 8. The quantitative estimate of drug-likeness (QED) is 0.0832. The van der Waals surface area contributed by atoms with Crippen LogP contribution in [-0.2, 0) is 42.8 Å². The summed E-state index contributed by atoms with van der Waals surface area (Å²) in [6, 6.07) is 0. The fourth-order valence-electron chi connectivity index (χ4n) is 3.66. The van der Waals surface area contributed by atoms with Crippen LogP contribution in [0.2, 0.25) is 0 Å². The topological polar surface area (TPSA) is 110 Å². The molecule has 0 radical (unpaired) electrons. The number of rotatable bonds is 28. The Balaban J connectivity index is 1.70. The van der Waals surface area contributed by atoms with Crippen molar-refractivity contribution >= 4 is 17.8 Å². The molecule has 0 aliphatic carbocycles. The predicted molar refractivity (Wildman–Crippen MR) is 143 cm³/mol. The number of ether oxygens (including phenoxy) is 6. The van der Waals surface area contributed by atoms with Crippen LogP contribution in [0.1, 0.15) is 71.1 Å². The molecule has 0 saturated heterocycles. The molecule has 0 spiro atoms. The highest BCUT2D eigenvalue weighted by atomic mass is 16.6. The van der Waals surface area contributed by atoms with Crippen LogP contribution in [0.5, 0.6) is 0 Å². The Morgan fingerprint density at radius 1 is 0.579 bits per heavy atom. The van der Waals surface area contributed by atoms with Crippen molar-refractivity contribution < 1.29 is 42.8 Å². The number of imide groups is 1. The predicted octanol–water partition coefficient (Wildman–Crippen LogP) is 3.46. The van der Waals surface area contributed by atoms with Gasteiger partial charge in [0.15, 0.2) is 0 Å². The molecular weight excluding hydrogens is 494 g/mol. The normalized spacial score (nSPS) is 13.1. The van der Waals surface area contributed by atoms with E-state index in [0.29, 0.717) is 65.9 Å². The first-order valence-electron chi connectivity index (χ1n) is 14.2. The number of nitrogens with zero attached hydrogens (tertiary/aromatic N) is 1. The Morgan fingerprint density at radius 3 is 1.45 bits per heavy atom. The number of esters is 1. The van der Waals surface area contributed by atoms with Gasteiger partial charge in [-0.3, -0.25) is 19.3 Å². The van der Waals surface area contributed by atoms with Gasteiger partial charge in [-0.2, -0.15) is 0 Å². The summed E-state index contributed by atoms with van der Waals surface area (Å²) in [7, 11) is 0. The first-order valence-corrected chi connectivity index (χ1v) is 14.2. The van der Waals surface area contributed by atoms with Crippen LogP contribution in [0.4, 0.5) is 0 Å². The van der Waals surface area contributed by atoms with Gasteiger partial charge in [-0.05, 0) is 6.42 Å². The van der Waals surface area contributed by atoms with Gasteiger partial charge >= 0.3 is 5.97 Å². The van der Waals surface area contributed by atoms with Gasteiger partial charge in [0.1, 0.15) is 6.61 Å². The van der Waals surface area contributed by atoms with Crippen LogP contribution in [0.15, 0.2) is 12.2 Å². The van der Waals surface area contributed by atoms with Crippen molar-refractivity contribution in [3.8, 4) is 0 Å². The molecule has 220 valence electrons. The van der Waals surface area contributed by atoms with Gasteiger partial charge in [-0.15, -0.1) is 0 Å². The van der Waals surface area contributed by atoms with Crippen molar-refractivity contribution in [2.75, 3.05) is 79.2 Å². The number of carbonyl (C=O) groups is 3. The van der Waals surface area contributed by atoms with E-state index in [-0.39, 0.29) is 37.5 Å². The van der Waals surface area contributed by atoms with Crippen molar-refractivity contribution in [1.82, 2.24) is 4.90 Å². The summed E-state index contributed by atoms with van der Waals surface area (Å²) in [5.41, 5.74) is 0. The maximum atomic E-state index is 11.7. The molecule has 0 aromatic heterocycles. The molecule has 1 rings (SSSR count). The van der Waals surface area contributed by atoms with Crippen LogP contribution in [0, 0.1) is 0 Å². The maximum Gasteiger partial charge on any atom is 0.305 e. The average molecular weight is 544 g/mol. The minimum absolute atomic E-state index is 0.146. The molecular formula is C28H49NO9. The lowest BCUT2D eigenvalue weighted by molar-refractivity contribution is -0.145. The number of carbonyl (C=O) groups excluding carboxylic acids is 3. The molecule has 0 fully saturated rings. The molecule has 0 bridgehead atoms. The largest absolute Gasteiger partial charge is 0.463 e. The van der Waals surface area contributed by atoms with Crippen molar-refractivity contribution in [1.29, 1.82) is 0 Å². The first-order chi connectivity index (χ1) is 18.6. The zero-order valence-corrected chi connectivity index (χ0v) is 23.3. The molecule has 0 aromatic rings. The van der Waals surface area contributed by atoms with Gasteiger partial charge in [-0.25, -0.2) is 0 Å². The Morgan fingerprint density at radius 2 is 0.974 bits per heavy atom. The number of hydrogen-bond donors (Lipinski definition) is 0. The van der Waals surface area contributed by atoms with Gasteiger partial charge in [0.2, 0.25) is 0 Å². The highest BCUT2D eigenvalue weighted by Crippen LogP contribution is 2.10. The molecule has 1 aliphatic rings. The monoisotopic (exact) mass is 543 g/mol. The van der Waals surface area contributed by atoms with Gasteiger partial charge in [0, 0.05) is 18.6 Å². The lowest BCUT2D eigenvalue weighted by Crippen LogP contribution is -2.33. The summed E-state index contributed by atoms with van der Waals surface area (Å²) in [5.74, 6) is -0.756. The van der Waals surface area contributed by atoms with Crippen LogP contribution in [-0.4, -0.2) is 102 Å². The van der Waals surface area contributed by atoms with Gasteiger partial charge < -0.3 is 28.4 Å². The molecule has 0 N–H and O–H groups in total. The van der Waals surface area contributed by atoms with E-state index in [9.17, 15) is 14.4 Å². The lowest BCUT2D eigenvalue weighted by Gasteiger charge is -2.13. The highest BCUT2D eigenvalue weighted by Gasteiger charge is 2.22. The second kappa shape index (κ2) is 25.4. The zero-order valence-electron chi connectivity index (χ0n) is 23.3. The fraction of sp³-hybridized carbons (Fsp3) is 0.821. The fourth-order valence-corrected chi connectivity index (χ4v) is 3.66. The molecule has 2 amide bonds. The minimum atomic E-state index is -0.305. The van der Waals surface area contributed by atoms with E-state index in [1.54, 1.807) is 0 Å². The molecule has 0 atom stereocenters. The Kier molecular flexibility index (Phi) is 22.9. The molecule has 1 aliphatic heterocycles. The summed E-state index contributed by atoms with van der Waals surface area (Å²) in [6.07, 6.45) is 14.1. The SMILES string of the molecule is CCCCCCCCCCCC(=O)OCCOCCOCCOCCOCCOCCN1C(=O)C=CC1=O. The standard InChI is InChI=1S/C28H49NO9/c1-2-3-4-5-6-7-8-9-10-11-28(32)38-25-24-37-23-22-36-21-20-35-19-18-34-17-16-33-15-14-29-26(30)12-13-27(29)31/h12-13H,2-11,14-25H2,1H3. The van der Waals surface area contributed by atoms with Crippen molar-refractivity contribution in [2.45, 2.75) is 71.1 Å². The summed E-state index contributed by atoms with van der Waals surface area (Å²) >= 11 is 0. The second-order valence-corrected chi connectivity index (χ2v) is 9.02. The maximum absolute atomic E-state index is 11.7. The van der Waals surface area contributed by atoms with Crippen LogP contribution in [0.25, 0.3) is 0 Å². The molecule has 1 heterocycles. The molecule has 38 heavy (non-hydrogen) atoms. The Labute approximate surface area is 228 Å². The third kappa shape index (κ3) is 20.2. The second-order valence-electron chi connectivity index (χ2n) is 9.02. The molecule has 0 aromatic carbocycles. The van der Waals surface area contributed by atoms with Gasteiger partial charge in [0.05, 0.1) is 72.6 Å². The number of amides is 2. The zero-order chi connectivity index (χ0) is 27.5. The third-order valence-corrected chi connectivity index (χ3v) is 5.82. The van der Waals surface area contributed by atoms with Crippen molar-refractivity contribution in [2.24, 2.45) is 0 Å². The number of hydrogen-bond acceptors (Lipinski definition) is 9. The van der Waals surface area contributed by atoms with E-state index in [0.717, 1.165) is 17.7 Å². The van der Waals surface area contributed by atoms with Gasteiger partial charge in [0.25, 0.3) is 11.8 Å². The minimum Gasteiger partial charge on any atom is -0.463 e. The molecule has 0 saturated carbocycles. The molecule has 10 heteroatoms. The molecule has 10 nitrogen and oxygen atoms in total. The van der Waals surface area contributed by atoms with Gasteiger partial charge in [-0.1, -0.05) is 58.3 Å². The van der Waals surface area contributed by atoms with Crippen molar-refractivity contribution in [3.05, 3.63) is 12.2 Å². The molecule has 0 unspecified atom stereocenters. The van der Waals surface area contributed by atoms with Crippen LogP contribution < -0.4 is 0 Å². The van der Waals surface area contributed by atoms with Crippen LogP contribution in [0.3, 0.4) is 0 Å². The lowest BCUT2D eigenvalue weighted by atomic mass is 10.1. The van der Waals surface area contributed by atoms with E-state index < -0.39 is 0 Å². The Hall–Kier alpha value is -1.85. The van der Waals surface area contributed by atoms with E-state index >= 15 is 0 Å². The third-order valence-electron chi connectivity index (χ3n) is 5.82. The van der Waals surface area contributed by atoms with Crippen molar-refractivity contribution in [3.63, 3.8) is 0 Å². The summed E-state index contributed by atoms with van der Waals surface area (Å²) in [5, 5.41) is 0. The van der Waals surface area contributed by atoms with Crippen LogP contribution >= 0.6 is 0 Å². The summed E-state index contributed by atoms with van der Waals surface area (Å²) in [4.78, 5) is 35.6. The van der Waals surface area contributed by atoms with E-state index in [1.165, 1.54) is 57.1 Å². The Bertz CT molecular complexity index is 624. The first kappa shape index (κ1) is 34.2. The average Bonchev–Trinajstić information content (AvgIpc) is 3.23. The van der Waals surface area contributed by atoms with E-state index in [2.05, 4.69) is 6.92 Å². The van der Waals surface area contributed by atoms with E-state index in [1.807, 2.05) is 0 Å². The van der Waals surface area contributed by atoms with E-state index in [4.69, 9.17) is 28.4 Å². The summed E-state index contributed by atoms with van der Waals surface area (Å²) < 4.78 is 32.2. The highest BCUT2D eigenvalue weighted by molar-refractivity contribution is 6.12.